The number of rotatable bonds is 13. The summed E-state index contributed by atoms with van der Waals surface area (Å²) in [7, 11) is 2.31. The number of unbranched alkanes of at least 4 members (excludes halogenated alkanes) is 2. The van der Waals surface area contributed by atoms with Crippen LogP contribution in [0.1, 0.15) is 103 Å². The molecule has 15 nitrogen and oxygen atoms in total. The van der Waals surface area contributed by atoms with Gasteiger partial charge >= 0.3 is 11.9 Å². The zero-order valence-electron chi connectivity index (χ0n) is 28.4. The number of aliphatic hydroxyl groups is 3. The molecule has 0 radical (unpaired) electrons. The van der Waals surface area contributed by atoms with Crippen molar-refractivity contribution in [1.82, 2.24) is 15.0 Å². The molecule has 2 aromatic rings. The second-order valence-electron chi connectivity index (χ2n) is 13.3. The summed E-state index contributed by atoms with van der Waals surface area (Å²) in [4.78, 5) is 32.0. The Hall–Kier alpha value is -4.05. The molecule has 0 amide bonds. The third-order valence-corrected chi connectivity index (χ3v) is 10.4. The van der Waals surface area contributed by atoms with E-state index in [1.165, 1.54) is 6.07 Å². The first-order valence-electron chi connectivity index (χ1n) is 17.4. The quantitative estimate of drug-likeness (QED) is 0.135. The van der Waals surface area contributed by atoms with E-state index in [-0.39, 0.29) is 48.6 Å². The molecule has 1 saturated carbocycles. The highest BCUT2D eigenvalue weighted by Crippen LogP contribution is 2.62. The van der Waals surface area contributed by atoms with Crippen LogP contribution in [0.3, 0.4) is 0 Å². The number of esters is 2. The highest BCUT2D eigenvalue weighted by Gasteiger charge is 2.64. The summed E-state index contributed by atoms with van der Waals surface area (Å²) in [6, 6.07) is 3.57. The van der Waals surface area contributed by atoms with Gasteiger partial charge in [0.1, 0.15) is 17.5 Å². The lowest BCUT2D eigenvalue weighted by molar-refractivity contribution is -0.225. The fourth-order valence-electron chi connectivity index (χ4n) is 8.16. The summed E-state index contributed by atoms with van der Waals surface area (Å²) in [5, 5.41) is 55.9. The number of oxime groups is 1. The fraction of sp³-hybridized carbons (Fsp3) is 0.629. The maximum absolute atomic E-state index is 13.3. The van der Waals surface area contributed by atoms with Crippen molar-refractivity contribution in [3.63, 3.8) is 0 Å². The summed E-state index contributed by atoms with van der Waals surface area (Å²) in [6.45, 7) is 0.637. The van der Waals surface area contributed by atoms with E-state index in [2.05, 4.69) is 21.5 Å². The molecule has 272 valence electrons. The molecule has 1 saturated heterocycles. The van der Waals surface area contributed by atoms with Gasteiger partial charge in [0.25, 0.3) is 0 Å². The lowest BCUT2D eigenvalue weighted by atomic mass is 9.55. The summed E-state index contributed by atoms with van der Waals surface area (Å²) in [6.07, 6.45) is 8.10. The molecule has 50 heavy (non-hydrogen) atoms. The molecule has 1 aromatic heterocycles. The monoisotopic (exact) mass is 698 g/mol. The van der Waals surface area contributed by atoms with Gasteiger partial charge in [-0.05, 0) is 74.1 Å². The molecule has 2 aliphatic heterocycles. The number of phenolic OH excluding ortho intramolecular Hbond substituents is 1. The highest BCUT2D eigenvalue weighted by atomic mass is 16.8. The largest absolute Gasteiger partial charge is 0.508 e. The number of ether oxygens (including phenoxy) is 4. The zero-order chi connectivity index (χ0) is 35.4. The van der Waals surface area contributed by atoms with Crippen molar-refractivity contribution in [1.29, 1.82) is 0 Å². The Kier molecular flexibility index (Phi) is 11.1. The van der Waals surface area contributed by atoms with Gasteiger partial charge in [-0.25, -0.2) is 14.3 Å². The average Bonchev–Trinajstić information content (AvgIpc) is 3.57. The maximum Gasteiger partial charge on any atom is 0.361 e. The Morgan fingerprint density at radius 3 is 2.52 bits per heavy atom. The van der Waals surface area contributed by atoms with Crippen molar-refractivity contribution in [2.45, 2.75) is 88.2 Å². The van der Waals surface area contributed by atoms with Gasteiger partial charge in [-0.1, -0.05) is 29.3 Å². The van der Waals surface area contributed by atoms with E-state index in [0.717, 1.165) is 44.6 Å². The van der Waals surface area contributed by atoms with Gasteiger partial charge in [-0.15, -0.1) is 5.10 Å². The lowest BCUT2D eigenvalue weighted by Crippen LogP contribution is -2.62. The minimum atomic E-state index is -2.07. The predicted molar refractivity (Wildman–Crippen MR) is 175 cm³/mol. The van der Waals surface area contributed by atoms with Crippen molar-refractivity contribution in [3.8, 4) is 11.5 Å². The molecule has 7 unspecified atom stereocenters. The molecule has 15 heteroatoms. The first kappa shape index (κ1) is 35.8. The molecule has 0 bridgehead atoms. The Bertz CT molecular complexity index is 1600. The fourth-order valence-corrected chi connectivity index (χ4v) is 8.16. The van der Waals surface area contributed by atoms with Crippen LogP contribution in [0.5, 0.6) is 11.5 Å². The molecule has 6 rings (SSSR count). The molecule has 2 fully saturated rings. The Labute approximate surface area is 289 Å². The van der Waals surface area contributed by atoms with E-state index in [1.54, 1.807) is 12.1 Å². The van der Waals surface area contributed by atoms with E-state index < -0.39 is 41.9 Å². The number of hydrogen-bond acceptors (Lipinski definition) is 14. The molecule has 2 aliphatic carbocycles. The average molecular weight is 699 g/mol. The Balaban J connectivity index is 1.56. The third-order valence-electron chi connectivity index (χ3n) is 10.4. The number of phenols is 1. The first-order valence-corrected chi connectivity index (χ1v) is 17.4. The van der Waals surface area contributed by atoms with Crippen LogP contribution in [0.15, 0.2) is 35.0 Å². The molecular formula is C35H46N4O11. The summed E-state index contributed by atoms with van der Waals surface area (Å²) < 4.78 is 23.4. The topological polar surface area (TPSA) is 204 Å². The van der Waals surface area contributed by atoms with Crippen molar-refractivity contribution in [2.24, 2.45) is 22.9 Å². The zero-order valence-corrected chi connectivity index (χ0v) is 28.4. The van der Waals surface area contributed by atoms with Gasteiger partial charge in [-0.3, -0.25) is 0 Å². The van der Waals surface area contributed by atoms with Crippen molar-refractivity contribution < 1.29 is 53.8 Å². The summed E-state index contributed by atoms with van der Waals surface area (Å²) in [5.41, 5.74) is 1.16. The number of allylic oxidation sites excluding steroid dienone is 1. The van der Waals surface area contributed by atoms with E-state index in [1.807, 2.05) is 0 Å². The van der Waals surface area contributed by atoms with Crippen molar-refractivity contribution >= 4 is 17.7 Å². The Morgan fingerprint density at radius 2 is 1.82 bits per heavy atom. The molecule has 0 spiro atoms. The predicted octanol–water partition coefficient (Wildman–Crippen LogP) is 3.38. The van der Waals surface area contributed by atoms with Crippen molar-refractivity contribution in [2.75, 3.05) is 34.0 Å². The van der Waals surface area contributed by atoms with Crippen LogP contribution in [0.4, 0.5) is 0 Å². The van der Waals surface area contributed by atoms with E-state index in [9.17, 15) is 30.0 Å². The number of fused-ring (bicyclic) bond motifs is 2. The highest BCUT2D eigenvalue weighted by molar-refractivity contribution is 6.03. The number of carbonyl (C=O) groups is 2. The summed E-state index contributed by atoms with van der Waals surface area (Å²) in [5.74, 6) is -4.88. The summed E-state index contributed by atoms with van der Waals surface area (Å²) >= 11 is 0. The molecule has 3 heterocycles. The van der Waals surface area contributed by atoms with Gasteiger partial charge in [0.05, 0.1) is 32.5 Å². The van der Waals surface area contributed by atoms with Gasteiger partial charge in [0.15, 0.2) is 5.69 Å². The lowest BCUT2D eigenvalue weighted by Gasteiger charge is -2.56. The number of carbonyl (C=O) groups excluding carboxylic acids is 2. The number of aromatic hydroxyl groups is 1. The van der Waals surface area contributed by atoms with E-state index >= 15 is 0 Å². The third kappa shape index (κ3) is 6.71. The van der Waals surface area contributed by atoms with Crippen LogP contribution < -0.4 is 4.74 Å². The van der Waals surface area contributed by atoms with Crippen LogP contribution in [0.25, 0.3) is 0 Å². The molecule has 1 aromatic carbocycles. The number of nitrogens with zero attached hydrogens (tertiary/aromatic N) is 4. The number of methoxy groups -OCH3 is 2. The minimum Gasteiger partial charge on any atom is -0.508 e. The van der Waals surface area contributed by atoms with Gasteiger partial charge in [0, 0.05) is 37.5 Å². The molecular weight excluding hydrogens is 652 g/mol. The van der Waals surface area contributed by atoms with Gasteiger partial charge < -0.3 is 44.2 Å². The van der Waals surface area contributed by atoms with Crippen molar-refractivity contribution in [3.05, 3.63) is 46.8 Å². The first-order chi connectivity index (χ1) is 24.2. The Morgan fingerprint density at radius 1 is 1.06 bits per heavy atom. The normalized spacial score (nSPS) is 29.3. The van der Waals surface area contributed by atoms with Crippen LogP contribution in [0, 0.1) is 17.8 Å². The minimum absolute atomic E-state index is 0.0235. The molecule has 7 atom stereocenters. The number of benzene rings is 1. The number of hydrogen-bond donors (Lipinski definition) is 4. The van der Waals surface area contributed by atoms with Crippen LogP contribution >= 0.6 is 0 Å². The number of aromatic nitrogens is 3. The smallest absolute Gasteiger partial charge is 0.361 e. The second-order valence-corrected chi connectivity index (χ2v) is 13.3. The van der Waals surface area contributed by atoms with Crippen LogP contribution in [-0.2, 0) is 19.0 Å². The van der Waals surface area contributed by atoms with Crippen LogP contribution in [0.2, 0.25) is 0 Å². The maximum atomic E-state index is 13.3. The van der Waals surface area contributed by atoms with Gasteiger partial charge in [0.2, 0.25) is 17.8 Å². The SMILES string of the molecule is COC(=O)c1nnn(C2CC(=NOC3CCCCO3)C3=CC(CCCCO)C(CCCCO)C4c5cc(O)ccc5OC2(O)C34)c1C(=O)OC. The number of aliphatic hydroxyl groups excluding tert-OH is 2. The second kappa shape index (κ2) is 15.5. The molecule has 4 N–H and O–H groups in total. The van der Waals surface area contributed by atoms with Gasteiger partial charge in [-0.2, -0.15) is 0 Å². The standard InChI is InChI=1S/C35H46N4O11/c1-46-33(43)31-32(34(44)47-2)39(38-36-31)27-19-25(37-50-28-11-5-8-16-48-28)23-17-20(9-3-6-14-40)22(10-4-7-15-41)29-24-18-21(42)12-13-26(24)49-35(27,45)30(23)29/h12-13,17-18,20,22,27-30,40-42,45H,3-11,14-16,19H2,1-2H3. The van der Waals surface area contributed by atoms with Crippen LogP contribution in [-0.4, -0.2) is 99.2 Å². The van der Waals surface area contributed by atoms with E-state index in [4.69, 9.17) is 23.8 Å². The molecule has 4 aliphatic rings. The van der Waals surface area contributed by atoms with E-state index in [0.29, 0.717) is 61.3 Å².